The summed E-state index contributed by atoms with van der Waals surface area (Å²) in [6.07, 6.45) is 1.03. The second kappa shape index (κ2) is 4.35. The highest BCUT2D eigenvalue weighted by Crippen LogP contribution is 2.15. The first-order chi connectivity index (χ1) is 8.31. The Labute approximate surface area is 97.8 Å². The summed E-state index contributed by atoms with van der Waals surface area (Å²) in [5.74, 6) is -0.410. The number of morpholine rings is 1. The predicted molar refractivity (Wildman–Crippen MR) is 63.1 cm³/mol. The van der Waals surface area contributed by atoms with Gasteiger partial charge in [0.2, 0.25) is 0 Å². The zero-order valence-electron chi connectivity index (χ0n) is 9.36. The Balaban J connectivity index is 1.82. The lowest BCUT2D eigenvalue weighted by molar-refractivity contribution is 0.0292. The largest absolute Gasteiger partial charge is 0.417 e. The molecule has 0 aliphatic carbocycles. The quantitative estimate of drug-likeness (QED) is 0.800. The molecular formula is C12H14N2O3. The van der Waals surface area contributed by atoms with E-state index in [-0.39, 0.29) is 6.10 Å². The van der Waals surface area contributed by atoms with Gasteiger partial charge >= 0.3 is 5.76 Å². The van der Waals surface area contributed by atoms with Gasteiger partial charge in [-0.1, -0.05) is 6.07 Å². The van der Waals surface area contributed by atoms with Gasteiger partial charge in [-0.05, 0) is 17.7 Å². The van der Waals surface area contributed by atoms with Crippen LogP contribution in [0.5, 0.6) is 0 Å². The SMILES string of the molecule is O=c1[nH]c2ccc(CC3CNCCO3)cc2o1. The van der Waals surface area contributed by atoms with E-state index < -0.39 is 5.76 Å². The summed E-state index contributed by atoms with van der Waals surface area (Å²) in [6.45, 7) is 2.55. The standard InChI is InChI=1S/C12H14N2O3/c15-12-14-10-2-1-8(6-11(10)17-12)5-9-7-13-3-4-16-9/h1-2,6,9,13H,3-5,7H2,(H,14,15). The molecule has 1 fully saturated rings. The fourth-order valence-electron chi connectivity index (χ4n) is 2.13. The van der Waals surface area contributed by atoms with Crippen LogP contribution in [0.3, 0.4) is 0 Å². The second-order valence-electron chi connectivity index (χ2n) is 4.25. The van der Waals surface area contributed by atoms with E-state index in [0.717, 1.165) is 37.2 Å². The number of aromatic nitrogens is 1. The number of hydrogen-bond acceptors (Lipinski definition) is 4. The van der Waals surface area contributed by atoms with E-state index in [1.165, 1.54) is 0 Å². The Morgan fingerprint density at radius 3 is 3.18 bits per heavy atom. The van der Waals surface area contributed by atoms with Crippen molar-refractivity contribution in [2.75, 3.05) is 19.7 Å². The number of oxazole rings is 1. The summed E-state index contributed by atoms with van der Waals surface area (Å²) in [6, 6.07) is 5.75. The van der Waals surface area contributed by atoms with Gasteiger partial charge in [-0.2, -0.15) is 0 Å². The molecule has 0 saturated carbocycles. The lowest BCUT2D eigenvalue weighted by atomic mass is 10.1. The Kier molecular flexibility index (Phi) is 2.70. The van der Waals surface area contributed by atoms with Crippen molar-refractivity contribution in [1.29, 1.82) is 0 Å². The van der Waals surface area contributed by atoms with E-state index in [2.05, 4.69) is 10.3 Å². The maximum atomic E-state index is 11.0. The van der Waals surface area contributed by atoms with Gasteiger partial charge in [0.15, 0.2) is 5.58 Å². The highest BCUT2D eigenvalue weighted by atomic mass is 16.5. The molecule has 5 nitrogen and oxygen atoms in total. The van der Waals surface area contributed by atoms with E-state index >= 15 is 0 Å². The summed E-state index contributed by atoms with van der Waals surface area (Å²) < 4.78 is 10.7. The molecule has 90 valence electrons. The molecule has 0 bridgehead atoms. The topological polar surface area (TPSA) is 67.3 Å². The fourth-order valence-corrected chi connectivity index (χ4v) is 2.13. The summed E-state index contributed by atoms with van der Waals surface area (Å²) in [5.41, 5.74) is 2.46. The van der Waals surface area contributed by atoms with E-state index in [1.54, 1.807) is 0 Å². The number of fused-ring (bicyclic) bond motifs is 1. The number of H-pyrrole nitrogens is 1. The molecule has 1 aliphatic rings. The Morgan fingerprint density at radius 1 is 1.41 bits per heavy atom. The number of ether oxygens (including phenoxy) is 1. The van der Waals surface area contributed by atoms with Crippen LogP contribution in [0.15, 0.2) is 27.4 Å². The van der Waals surface area contributed by atoms with E-state index in [0.29, 0.717) is 5.58 Å². The summed E-state index contributed by atoms with van der Waals surface area (Å²) >= 11 is 0. The van der Waals surface area contributed by atoms with Crippen molar-refractivity contribution in [3.05, 3.63) is 34.3 Å². The summed E-state index contributed by atoms with van der Waals surface area (Å²) in [5, 5.41) is 3.29. The predicted octanol–water partition coefficient (Wildman–Crippen LogP) is 0.652. The third-order valence-corrected chi connectivity index (χ3v) is 2.95. The molecule has 1 aromatic carbocycles. The molecule has 17 heavy (non-hydrogen) atoms. The number of nitrogens with one attached hydrogen (secondary N) is 2. The van der Waals surface area contributed by atoms with Gasteiger partial charge in [-0.25, -0.2) is 4.79 Å². The molecule has 1 unspecified atom stereocenters. The van der Waals surface area contributed by atoms with Crippen LogP contribution < -0.4 is 11.1 Å². The highest BCUT2D eigenvalue weighted by molar-refractivity contribution is 5.72. The molecule has 0 amide bonds. The zero-order valence-corrected chi connectivity index (χ0v) is 9.36. The molecule has 0 spiro atoms. The molecule has 2 heterocycles. The van der Waals surface area contributed by atoms with Gasteiger partial charge in [-0.15, -0.1) is 0 Å². The Bertz CT molecular complexity index is 566. The lowest BCUT2D eigenvalue weighted by Crippen LogP contribution is -2.39. The molecule has 1 saturated heterocycles. The van der Waals surface area contributed by atoms with Crippen LogP contribution in [-0.4, -0.2) is 30.8 Å². The first kappa shape index (κ1) is 10.6. The van der Waals surface area contributed by atoms with Crippen LogP contribution in [-0.2, 0) is 11.2 Å². The molecule has 0 radical (unpaired) electrons. The maximum Gasteiger partial charge on any atom is 0.417 e. The Hall–Kier alpha value is -1.59. The molecule has 1 aliphatic heterocycles. The van der Waals surface area contributed by atoms with Crippen molar-refractivity contribution in [2.45, 2.75) is 12.5 Å². The van der Waals surface area contributed by atoms with Gasteiger partial charge in [0.05, 0.1) is 18.2 Å². The summed E-state index contributed by atoms with van der Waals surface area (Å²) in [4.78, 5) is 13.7. The maximum absolute atomic E-state index is 11.0. The average molecular weight is 234 g/mol. The van der Waals surface area contributed by atoms with E-state index in [4.69, 9.17) is 9.15 Å². The van der Waals surface area contributed by atoms with Crippen molar-refractivity contribution in [1.82, 2.24) is 10.3 Å². The van der Waals surface area contributed by atoms with Crippen molar-refractivity contribution < 1.29 is 9.15 Å². The highest BCUT2D eigenvalue weighted by Gasteiger charge is 2.14. The van der Waals surface area contributed by atoms with Crippen LogP contribution in [0, 0.1) is 0 Å². The molecule has 1 aromatic heterocycles. The average Bonchev–Trinajstić information content (AvgIpc) is 2.70. The first-order valence-corrected chi connectivity index (χ1v) is 5.75. The van der Waals surface area contributed by atoms with Crippen molar-refractivity contribution in [3.8, 4) is 0 Å². The monoisotopic (exact) mass is 234 g/mol. The van der Waals surface area contributed by atoms with Crippen LogP contribution in [0.1, 0.15) is 5.56 Å². The lowest BCUT2D eigenvalue weighted by Gasteiger charge is -2.23. The first-order valence-electron chi connectivity index (χ1n) is 5.75. The van der Waals surface area contributed by atoms with E-state index in [9.17, 15) is 4.79 Å². The van der Waals surface area contributed by atoms with Crippen molar-refractivity contribution in [2.24, 2.45) is 0 Å². The van der Waals surface area contributed by atoms with Crippen molar-refractivity contribution in [3.63, 3.8) is 0 Å². The van der Waals surface area contributed by atoms with E-state index in [1.807, 2.05) is 18.2 Å². The fraction of sp³-hybridized carbons (Fsp3) is 0.417. The van der Waals surface area contributed by atoms with Crippen LogP contribution in [0.4, 0.5) is 0 Å². The molecule has 1 atom stereocenters. The number of hydrogen-bond donors (Lipinski definition) is 2. The minimum atomic E-state index is -0.410. The second-order valence-corrected chi connectivity index (χ2v) is 4.25. The van der Waals surface area contributed by atoms with Gasteiger partial charge < -0.3 is 14.5 Å². The molecule has 2 N–H and O–H groups in total. The van der Waals surface area contributed by atoms with Crippen LogP contribution in [0.25, 0.3) is 11.1 Å². The smallest absolute Gasteiger partial charge is 0.408 e. The minimum absolute atomic E-state index is 0.201. The van der Waals surface area contributed by atoms with Gasteiger partial charge in [0, 0.05) is 19.5 Å². The van der Waals surface area contributed by atoms with Crippen LogP contribution in [0.2, 0.25) is 0 Å². The third-order valence-electron chi connectivity index (χ3n) is 2.95. The number of rotatable bonds is 2. The molecule has 3 rings (SSSR count). The Morgan fingerprint density at radius 2 is 2.35 bits per heavy atom. The molecule has 2 aromatic rings. The van der Waals surface area contributed by atoms with Gasteiger partial charge in [-0.3, -0.25) is 4.98 Å². The number of benzene rings is 1. The summed E-state index contributed by atoms with van der Waals surface area (Å²) in [7, 11) is 0. The van der Waals surface area contributed by atoms with Crippen LogP contribution >= 0.6 is 0 Å². The third kappa shape index (κ3) is 2.25. The zero-order chi connectivity index (χ0) is 11.7. The number of aromatic amines is 1. The molecular weight excluding hydrogens is 220 g/mol. The normalized spacial score (nSPS) is 20.8. The van der Waals surface area contributed by atoms with Gasteiger partial charge in [0.25, 0.3) is 0 Å². The minimum Gasteiger partial charge on any atom is -0.408 e. The van der Waals surface area contributed by atoms with Gasteiger partial charge in [0.1, 0.15) is 0 Å². The molecule has 5 heteroatoms. The van der Waals surface area contributed by atoms with Crippen molar-refractivity contribution >= 4 is 11.1 Å².